The van der Waals surface area contributed by atoms with Gasteiger partial charge >= 0.3 is 6.18 Å². The average molecular weight is 394 g/mol. The largest absolute Gasteiger partial charge is 0.416 e. The Labute approximate surface area is 158 Å². The minimum atomic E-state index is -4.48. The third-order valence-corrected chi connectivity index (χ3v) is 5.42. The van der Waals surface area contributed by atoms with E-state index in [4.69, 9.17) is 0 Å². The second kappa shape index (κ2) is 7.64. The van der Waals surface area contributed by atoms with E-state index < -0.39 is 22.9 Å². The molecule has 0 aliphatic carbocycles. The molecular weight excluding hydrogens is 377 g/mol. The van der Waals surface area contributed by atoms with Gasteiger partial charge in [0.15, 0.2) is 0 Å². The van der Waals surface area contributed by atoms with Gasteiger partial charge in [-0.15, -0.1) is 11.8 Å². The van der Waals surface area contributed by atoms with Gasteiger partial charge in [0, 0.05) is 17.0 Å². The van der Waals surface area contributed by atoms with Crippen LogP contribution in [-0.4, -0.2) is 17.1 Å². The number of thioether (sulfide) groups is 1. The molecule has 1 aliphatic rings. The Morgan fingerprint density at radius 2 is 1.89 bits per heavy atom. The maximum Gasteiger partial charge on any atom is 0.416 e. The quantitative estimate of drug-likeness (QED) is 0.790. The zero-order chi connectivity index (χ0) is 19.6. The smallest absolute Gasteiger partial charge is 0.326 e. The molecule has 1 aliphatic heterocycles. The number of alkyl halides is 3. The minimum absolute atomic E-state index is 0.0769. The summed E-state index contributed by atoms with van der Waals surface area (Å²) < 4.78 is 38.4. The van der Waals surface area contributed by atoms with Gasteiger partial charge in [0.25, 0.3) is 0 Å². The van der Waals surface area contributed by atoms with Gasteiger partial charge in [0.2, 0.25) is 11.8 Å². The normalized spacial score (nSPS) is 16.4. The van der Waals surface area contributed by atoms with E-state index in [0.717, 1.165) is 35.9 Å². The topological polar surface area (TPSA) is 58.2 Å². The van der Waals surface area contributed by atoms with Crippen molar-refractivity contribution >= 4 is 35.0 Å². The van der Waals surface area contributed by atoms with Gasteiger partial charge < -0.3 is 10.6 Å². The number of nitrogens with one attached hydrogen (secondary N) is 2. The van der Waals surface area contributed by atoms with E-state index in [2.05, 4.69) is 10.6 Å². The maximum atomic E-state index is 12.8. The lowest BCUT2D eigenvalue weighted by Gasteiger charge is -2.24. The lowest BCUT2D eigenvalue weighted by Crippen LogP contribution is -2.32. The van der Waals surface area contributed by atoms with Crippen molar-refractivity contribution < 1.29 is 22.8 Å². The molecule has 27 heavy (non-hydrogen) atoms. The Bertz CT molecular complexity index is 866. The van der Waals surface area contributed by atoms with E-state index in [9.17, 15) is 22.8 Å². The summed E-state index contributed by atoms with van der Waals surface area (Å²) in [6, 6.07) is 10.6. The Kier molecular flexibility index (Phi) is 5.46. The van der Waals surface area contributed by atoms with Crippen LogP contribution in [0.15, 0.2) is 47.4 Å². The summed E-state index contributed by atoms with van der Waals surface area (Å²) in [5.74, 6) is -0.814. The molecule has 0 saturated carbocycles. The molecule has 2 aromatic carbocycles. The summed E-state index contributed by atoms with van der Waals surface area (Å²) in [5.41, 5.74) is 1.07. The molecule has 8 heteroatoms. The lowest BCUT2D eigenvalue weighted by molar-refractivity contribution is -0.137. The fourth-order valence-corrected chi connectivity index (χ4v) is 3.76. The third-order valence-electron chi connectivity index (χ3n) is 4.14. The van der Waals surface area contributed by atoms with Crippen molar-refractivity contribution in [3.05, 3.63) is 53.6 Å². The number of benzene rings is 2. The van der Waals surface area contributed by atoms with Crippen LogP contribution in [0.5, 0.6) is 0 Å². The van der Waals surface area contributed by atoms with Crippen LogP contribution in [-0.2, 0) is 22.2 Å². The first-order valence-electron chi connectivity index (χ1n) is 8.34. The maximum absolute atomic E-state index is 12.8. The van der Waals surface area contributed by atoms with Crippen LogP contribution >= 0.6 is 11.8 Å². The number of amides is 2. The lowest BCUT2D eigenvalue weighted by atomic mass is 10.1. The second-order valence-electron chi connectivity index (χ2n) is 6.11. The number of hydrogen-bond donors (Lipinski definition) is 2. The van der Waals surface area contributed by atoms with E-state index >= 15 is 0 Å². The number of carbonyl (C=O) groups excluding carboxylic acids is 2. The number of hydrogen-bond acceptors (Lipinski definition) is 3. The van der Waals surface area contributed by atoms with E-state index in [1.807, 2.05) is 19.1 Å². The standard InChI is InChI=1S/C19H17F3N2O2S/c1-2-11-3-6-13(7-4-11)23-17(25)10-16-18(26)24-14-9-12(19(20,21)22)5-8-15(14)27-16/h3-9,16H,2,10H2,1H3,(H,23,25)(H,24,26)/t16-/m0/s1. The Balaban J connectivity index is 1.66. The van der Waals surface area contributed by atoms with Crippen molar-refractivity contribution in [1.82, 2.24) is 0 Å². The minimum Gasteiger partial charge on any atom is -0.326 e. The number of aryl methyl sites for hydroxylation is 1. The van der Waals surface area contributed by atoms with Crippen LogP contribution in [0.3, 0.4) is 0 Å². The summed E-state index contributed by atoms with van der Waals surface area (Å²) in [4.78, 5) is 24.9. The highest BCUT2D eigenvalue weighted by Crippen LogP contribution is 2.40. The first kappa shape index (κ1) is 19.3. The first-order chi connectivity index (χ1) is 12.8. The van der Waals surface area contributed by atoms with Gasteiger partial charge in [0.1, 0.15) is 0 Å². The van der Waals surface area contributed by atoms with Crippen LogP contribution in [0, 0.1) is 0 Å². The van der Waals surface area contributed by atoms with Gasteiger partial charge in [-0.3, -0.25) is 9.59 Å². The molecule has 1 heterocycles. The Morgan fingerprint density at radius 3 is 2.52 bits per heavy atom. The van der Waals surface area contributed by atoms with Crippen molar-refractivity contribution in [2.24, 2.45) is 0 Å². The summed E-state index contributed by atoms with van der Waals surface area (Å²) in [6.45, 7) is 2.03. The van der Waals surface area contributed by atoms with Crippen LogP contribution in [0.1, 0.15) is 24.5 Å². The number of halogens is 3. The molecule has 3 rings (SSSR count). The average Bonchev–Trinajstić information content (AvgIpc) is 2.61. The number of fused-ring (bicyclic) bond motifs is 1. The van der Waals surface area contributed by atoms with Crippen LogP contribution in [0.2, 0.25) is 0 Å². The van der Waals surface area contributed by atoms with E-state index in [1.165, 1.54) is 6.07 Å². The van der Waals surface area contributed by atoms with Crippen molar-refractivity contribution in [2.75, 3.05) is 10.6 Å². The molecule has 0 saturated heterocycles. The predicted octanol–water partition coefficient (Wildman–Crippen LogP) is 4.71. The third kappa shape index (κ3) is 4.63. The molecule has 0 unspecified atom stereocenters. The van der Waals surface area contributed by atoms with Gasteiger partial charge in [-0.25, -0.2) is 0 Å². The summed E-state index contributed by atoms with van der Waals surface area (Å²) >= 11 is 1.09. The predicted molar refractivity (Wildman–Crippen MR) is 98.8 cm³/mol. The zero-order valence-corrected chi connectivity index (χ0v) is 15.2. The van der Waals surface area contributed by atoms with Crippen LogP contribution in [0.4, 0.5) is 24.5 Å². The molecule has 2 aromatic rings. The fourth-order valence-electron chi connectivity index (χ4n) is 2.67. The van der Waals surface area contributed by atoms with Crippen LogP contribution in [0.25, 0.3) is 0 Å². The number of anilines is 2. The number of carbonyl (C=O) groups is 2. The molecule has 2 N–H and O–H groups in total. The SMILES string of the molecule is CCc1ccc(NC(=O)C[C@@H]2Sc3ccc(C(F)(F)F)cc3NC2=O)cc1. The monoisotopic (exact) mass is 394 g/mol. The highest BCUT2D eigenvalue weighted by molar-refractivity contribution is 8.01. The molecule has 0 bridgehead atoms. The molecule has 2 amide bonds. The molecule has 0 aromatic heterocycles. The van der Waals surface area contributed by atoms with Crippen molar-refractivity contribution in [3.8, 4) is 0 Å². The van der Waals surface area contributed by atoms with E-state index in [-0.39, 0.29) is 18.0 Å². The van der Waals surface area contributed by atoms with Gasteiger partial charge in [0.05, 0.1) is 16.5 Å². The Hall–Kier alpha value is -2.48. The summed E-state index contributed by atoms with van der Waals surface area (Å²) in [7, 11) is 0. The highest BCUT2D eigenvalue weighted by atomic mass is 32.2. The fraction of sp³-hybridized carbons (Fsp3) is 0.263. The molecule has 4 nitrogen and oxygen atoms in total. The van der Waals surface area contributed by atoms with E-state index in [1.54, 1.807) is 12.1 Å². The first-order valence-corrected chi connectivity index (χ1v) is 9.22. The van der Waals surface area contributed by atoms with Crippen LogP contribution < -0.4 is 10.6 Å². The van der Waals surface area contributed by atoms with Crippen molar-refractivity contribution in [2.45, 2.75) is 36.1 Å². The highest BCUT2D eigenvalue weighted by Gasteiger charge is 2.34. The molecular formula is C19H17F3N2O2S. The summed E-state index contributed by atoms with van der Waals surface area (Å²) in [6.07, 6.45) is -3.66. The summed E-state index contributed by atoms with van der Waals surface area (Å²) in [5, 5.41) is 4.50. The van der Waals surface area contributed by atoms with Gasteiger partial charge in [-0.2, -0.15) is 13.2 Å². The second-order valence-corrected chi connectivity index (χ2v) is 7.35. The van der Waals surface area contributed by atoms with Gasteiger partial charge in [-0.05, 0) is 42.3 Å². The zero-order valence-electron chi connectivity index (χ0n) is 14.4. The molecule has 0 spiro atoms. The van der Waals surface area contributed by atoms with E-state index in [0.29, 0.717) is 10.6 Å². The molecule has 142 valence electrons. The molecule has 0 fully saturated rings. The molecule has 1 atom stereocenters. The molecule has 0 radical (unpaired) electrons. The van der Waals surface area contributed by atoms with Gasteiger partial charge in [-0.1, -0.05) is 19.1 Å². The van der Waals surface area contributed by atoms with Crippen molar-refractivity contribution in [1.29, 1.82) is 0 Å². The number of rotatable bonds is 4. The van der Waals surface area contributed by atoms with Crippen molar-refractivity contribution in [3.63, 3.8) is 0 Å². The Morgan fingerprint density at radius 1 is 1.19 bits per heavy atom.